The first-order chi connectivity index (χ1) is 17.6. The maximum atomic E-state index is 13.4. The number of hydrogen-bond acceptors (Lipinski definition) is 5. The lowest BCUT2D eigenvalue weighted by Gasteiger charge is -2.37. The Kier molecular flexibility index (Phi) is 9.34. The summed E-state index contributed by atoms with van der Waals surface area (Å²) in [5, 5.41) is 16.0. The summed E-state index contributed by atoms with van der Waals surface area (Å²) in [7, 11) is 0. The molecule has 2 aliphatic rings. The number of amides is 1. The van der Waals surface area contributed by atoms with E-state index in [2.05, 4.69) is 22.8 Å². The Labute approximate surface area is 214 Å². The Morgan fingerprint density at radius 2 is 1.78 bits per heavy atom. The van der Waals surface area contributed by atoms with Gasteiger partial charge in [-0.3, -0.25) is 4.79 Å². The van der Waals surface area contributed by atoms with Gasteiger partial charge in [-0.05, 0) is 62.1 Å². The van der Waals surface area contributed by atoms with Crippen molar-refractivity contribution in [1.29, 1.82) is 0 Å². The molecule has 0 saturated carbocycles. The molecule has 1 saturated heterocycles. The highest BCUT2D eigenvalue weighted by Crippen LogP contribution is 2.35. The molecule has 7 heteroatoms. The number of unbranched alkanes of at least 4 members (excludes halogenated alkanes) is 4. The molecule has 1 aromatic carbocycles. The highest BCUT2D eigenvalue weighted by Gasteiger charge is 2.42. The van der Waals surface area contributed by atoms with Crippen molar-refractivity contribution in [3.63, 3.8) is 0 Å². The predicted octanol–water partition coefficient (Wildman–Crippen LogP) is 4.64. The molecule has 1 aromatic heterocycles. The van der Waals surface area contributed by atoms with Crippen LogP contribution in [0.3, 0.4) is 0 Å². The third-order valence-corrected chi connectivity index (χ3v) is 7.59. The lowest BCUT2D eigenvalue weighted by Crippen LogP contribution is -2.52. The smallest absolute Gasteiger partial charge is 0.326 e. The Hall–Kier alpha value is -2.93. The molecule has 3 N–H and O–H groups in total. The first kappa shape index (κ1) is 26.1. The van der Waals surface area contributed by atoms with Gasteiger partial charge in [0.25, 0.3) is 0 Å². The van der Waals surface area contributed by atoms with Gasteiger partial charge in [-0.2, -0.15) is 0 Å². The zero-order valence-corrected chi connectivity index (χ0v) is 21.1. The molecule has 1 fully saturated rings. The first-order valence-corrected chi connectivity index (χ1v) is 13.5. The minimum Gasteiger partial charge on any atom is -0.480 e. The van der Waals surface area contributed by atoms with E-state index >= 15 is 0 Å². The van der Waals surface area contributed by atoms with Crippen LogP contribution in [0.1, 0.15) is 74.6 Å². The summed E-state index contributed by atoms with van der Waals surface area (Å²) in [6.45, 7) is 2.00. The maximum absolute atomic E-state index is 13.4. The van der Waals surface area contributed by atoms with Crippen LogP contribution in [0.5, 0.6) is 0 Å². The van der Waals surface area contributed by atoms with E-state index in [1.165, 1.54) is 12.0 Å². The molecule has 4 rings (SSSR count). The number of hydrogen-bond donors (Lipinski definition) is 3. The minimum atomic E-state index is -0.967. The molecule has 1 amide bonds. The molecular weight excluding hydrogens is 454 g/mol. The summed E-state index contributed by atoms with van der Waals surface area (Å²) in [5.41, 5.74) is 2.65. The third kappa shape index (κ3) is 6.64. The molecule has 0 bridgehead atoms. The second-order valence-corrected chi connectivity index (χ2v) is 10.1. The summed E-state index contributed by atoms with van der Waals surface area (Å²) < 4.78 is 5.51. The number of nitrogens with one attached hydrogen (secondary N) is 2. The van der Waals surface area contributed by atoms with E-state index < -0.39 is 17.4 Å². The molecule has 2 aromatic rings. The molecule has 0 spiro atoms. The zero-order valence-electron chi connectivity index (χ0n) is 21.1. The van der Waals surface area contributed by atoms with Crippen LogP contribution in [0.4, 0.5) is 5.82 Å². The number of carboxylic acid groups (broad SMARTS) is 1. The molecule has 2 aliphatic heterocycles. The number of aryl methyl sites for hydroxylation is 2. The van der Waals surface area contributed by atoms with Gasteiger partial charge in [0.1, 0.15) is 11.9 Å². The number of benzene rings is 1. The number of aliphatic carboxylic acids is 1. The number of nitrogens with zero attached hydrogens (tertiary/aromatic N) is 1. The normalized spacial score (nSPS) is 17.4. The molecule has 7 nitrogen and oxygen atoms in total. The Bertz CT molecular complexity index is 1000. The zero-order chi connectivity index (χ0) is 25.2. The first-order valence-electron chi connectivity index (χ1n) is 13.5. The van der Waals surface area contributed by atoms with Crippen LogP contribution < -0.4 is 10.6 Å². The predicted molar refractivity (Wildman–Crippen MR) is 140 cm³/mol. The monoisotopic (exact) mass is 493 g/mol. The van der Waals surface area contributed by atoms with E-state index in [1.807, 2.05) is 30.3 Å². The van der Waals surface area contributed by atoms with Crippen molar-refractivity contribution in [2.24, 2.45) is 0 Å². The molecule has 0 radical (unpaired) electrons. The number of rotatable bonds is 12. The van der Waals surface area contributed by atoms with E-state index in [0.717, 1.165) is 68.6 Å². The number of pyridine rings is 1. The third-order valence-electron chi connectivity index (χ3n) is 7.59. The number of ether oxygens (including phenoxy) is 1. The highest BCUT2D eigenvalue weighted by molar-refractivity contribution is 5.91. The Morgan fingerprint density at radius 3 is 2.56 bits per heavy atom. The molecule has 194 valence electrons. The van der Waals surface area contributed by atoms with Gasteiger partial charge >= 0.3 is 5.97 Å². The van der Waals surface area contributed by atoms with Gasteiger partial charge in [-0.1, -0.05) is 62.1 Å². The molecule has 3 heterocycles. The lowest BCUT2D eigenvalue weighted by molar-refractivity contribution is -0.144. The van der Waals surface area contributed by atoms with E-state index in [9.17, 15) is 14.7 Å². The summed E-state index contributed by atoms with van der Waals surface area (Å²) in [6.07, 6.45) is 9.76. The van der Waals surface area contributed by atoms with Gasteiger partial charge in [0.15, 0.2) is 0 Å². The fourth-order valence-corrected chi connectivity index (χ4v) is 5.37. The Morgan fingerprint density at radius 1 is 1.03 bits per heavy atom. The van der Waals surface area contributed by atoms with E-state index in [4.69, 9.17) is 9.72 Å². The number of aromatic nitrogens is 1. The van der Waals surface area contributed by atoms with Gasteiger partial charge in [-0.15, -0.1) is 0 Å². The highest BCUT2D eigenvalue weighted by atomic mass is 16.5. The van der Waals surface area contributed by atoms with Crippen LogP contribution in [0.25, 0.3) is 0 Å². The van der Waals surface area contributed by atoms with Crippen LogP contribution in [0.15, 0.2) is 42.5 Å². The molecular formula is C29H39N3O4. The fraction of sp³-hybridized carbons (Fsp3) is 0.552. The van der Waals surface area contributed by atoms with Crippen LogP contribution in [-0.2, 0) is 32.6 Å². The summed E-state index contributed by atoms with van der Waals surface area (Å²) in [5.74, 6) is -0.113. The standard InChI is InChI=1S/C29H39N3O4/c33-27(34)25(32-28(35)29(17-20-36-21-18-29)23-11-5-4-6-12-23)14-8-3-1-2-7-13-24-16-15-22-10-9-19-30-26(22)31-24/h4-6,11-12,15-16,25H,1-3,7-10,13-14,17-21H2,(H,30,31)(H,32,35)(H,33,34). The quantitative estimate of drug-likeness (QED) is 0.373. The van der Waals surface area contributed by atoms with Crippen LogP contribution >= 0.6 is 0 Å². The van der Waals surface area contributed by atoms with Crippen molar-refractivity contribution in [3.05, 3.63) is 59.3 Å². The molecule has 36 heavy (non-hydrogen) atoms. The number of carbonyl (C=O) groups excluding carboxylic acids is 1. The average molecular weight is 494 g/mol. The Balaban J connectivity index is 1.20. The number of anilines is 1. The van der Waals surface area contributed by atoms with Crippen LogP contribution in [-0.4, -0.2) is 47.8 Å². The molecule has 0 aliphatic carbocycles. The van der Waals surface area contributed by atoms with Crippen molar-refractivity contribution in [3.8, 4) is 0 Å². The van der Waals surface area contributed by atoms with Gasteiger partial charge in [0.05, 0.1) is 5.41 Å². The number of carbonyl (C=O) groups is 2. The number of fused-ring (bicyclic) bond motifs is 1. The topological polar surface area (TPSA) is 101 Å². The van der Waals surface area contributed by atoms with Crippen LogP contribution in [0, 0.1) is 0 Å². The van der Waals surface area contributed by atoms with Crippen molar-refractivity contribution >= 4 is 17.7 Å². The average Bonchev–Trinajstić information content (AvgIpc) is 2.92. The summed E-state index contributed by atoms with van der Waals surface area (Å²) in [6, 6.07) is 13.2. The fourth-order valence-electron chi connectivity index (χ4n) is 5.37. The van der Waals surface area contributed by atoms with Crippen molar-refractivity contribution < 1.29 is 19.4 Å². The van der Waals surface area contributed by atoms with Crippen LogP contribution in [0.2, 0.25) is 0 Å². The van der Waals surface area contributed by atoms with Gasteiger partial charge < -0.3 is 20.5 Å². The SMILES string of the molecule is O=C(O)C(CCCCCCCc1ccc2c(n1)NCCC2)NC(=O)C1(c2ccccc2)CCOCC1. The van der Waals surface area contributed by atoms with Gasteiger partial charge in [0.2, 0.25) is 5.91 Å². The number of carboxylic acids is 1. The maximum Gasteiger partial charge on any atom is 0.326 e. The summed E-state index contributed by atoms with van der Waals surface area (Å²) in [4.78, 5) is 30.1. The molecule has 1 unspecified atom stereocenters. The largest absolute Gasteiger partial charge is 0.480 e. The van der Waals surface area contributed by atoms with Gasteiger partial charge in [0, 0.05) is 25.5 Å². The minimum absolute atomic E-state index is 0.198. The van der Waals surface area contributed by atoms with Gasteiger partial charge in [-0.25, -0.2) is 9.78 Å². The van der Waals surface area contributed by atoms with Crippen molar-refractivity contribution in [2.45, 2.75) is 82.1 Å². The second-order valence-electron chi connectivity index (χ2n) is 10.1. The van der Waals surface area contributed by atoms with Crippen molar-refractivity contribution in [2.75, 3.05) is 25.1 Å². The second kappa shape index (κ2) is 12.9. The van der Waals surface area contributed by atoms with E-state index in [1.54, 1.807) is 0 Å². The lowest BCUT2D eigenvalue weighted by atomic mass is 9.73. The van der Waals surface area contributed by atoms with E-state index in [0.29, 0.717) is 32.5 Å². The van der Waals surface area contributed by atoms with E-state index in [-0.39, 0.29) is 5.91 Å². The van der Waals surface area contributed by atoms with Crippen molar-refractivity contribution in [1.82, 2.24) is 10.3 Å². The molecule has 1 atom stereocenters. The summed E-state index contributed by atoms with van der Waals surface area (Å²) >= 11 is 0.